The minimum absolute atomic E-state index is 0.0538. The van der Waals surface area contributed by atoms with Crippen LogP contribution in [-0.4, -0.2) is 30.2 Å². The number of hydrogen-bond acceptors (Lipinski definition) is 3. The number of para-hydroxylation sites is 1. The highest BCUT2D eigenvalue weighted by Crippen LogP contribution is 2.26. The molecule has 1 aromatic rings. The first-order chi connectivity index (χ1) is 9.26. The van der Waals surface area contributed by atoms with Gasteiger partial charge in [-0.1, -0.05) is 18.6 Å². The van der Waals surface area contributed by atoms with Crippen LogP contribution in [0.25, 0.3) is 0 Å². The summed E-state index contributed by atoms with van der Waals surface area (Å²) < 4.78 is 0. The van der Waals surface area contributed by atoms with E-state index in [9.17, 15) is 9.90 Å². The molecule has 0 radical (unpaired) electrons. The normalized spacial score (nSPS) is 22.2. The van der Waals surface area contributed by atoms with E-state index < -0.39 is 0 Å². The van der Waals surface area contributed by atoms with Gasteiger partial charge in [-0.05, 0) is 31.9 Å². The molecule has 0 aromatic heterocycles. The average molecular weight is 262 g/mol. The van der Waals surface area contributed by atoms with E-state index in [4.69, 9.17) is 0 Å². The monoisotopic (exact) mass is 262 g/mol. The lowest BCUT2D eigenvalue weighted by molar-refractivity contribution is 0.0917. The van der Waals surface area contributed by atoms with Gasteiger partial charge in [-0.2, -0.15) is 0 Å². The van der Waals surface area contributed by atoms with E-state index in [2.05, 4.69) is 10.6 Å². The van der Waals surface area contributed by atoms with Crippen LogP contribution in [0.15, 0.2) is 24.3 Å². The molecule has 2 unspecified atom stereocenters. The summed E-state index contributed by atoms with van der Waals surface area (Å²) in [6.45, 7) is 2.94. The molecule has 19 heavy (non-hydrogen) atoms. The fourth-order valence-corrected chi connectivity index (χ4v) is 2.72. The molecular weight excluding hydrogens is 240 g/mol. The third kappa shape index (κ3) is 3.26. The Morgan fingerprint density at radius 1 is 1.37 bits per heavy atom. The predicted octanol–water partition coefficient (Wildman–Crippen LogP) is 2.01. The zero-order valence-corrected chi connectivity index (χ0v) is 11.4. The standard InChI is InChI=1S/C15H22N2O2/c1-2-16-14-8-4-3-7-12(14)15(19)17-13-9-5-6-11(13)10-18/h3-4,7-8,11,13,16,18H,2,5-6,9-10H2,1H3,(H,17,19). The first-order valence-electron chi connectivity index (χ1n) is 7.01. The highest BCUT2D eigenvalue weighted by molar-refractivity contribution is 5.99. The van der Waals surface area contributed by atoms with Crippen molar-refractivity contribution in [3.63, 3.8) is 0 Å². The summed E-state index contributed by atoms with van der Waals surface area (Å²) in [6, 6.07) is 7.63. The Hall–Kier alpha value is -1.55. The van der Waals surface area contributed by atoms with E-state index >= 15 is 0 Å². The Morgan fingerprint density at radius 3 is 2.89 bits per heavy atom. The molecule has 1 aromatic carbocycles. The molecule has 1 fully saturated rings. The molecule has 3 N–H and O–H groups in total. The number of carbonyl (C=O) groups excluding carboxylic acids is 1. The van der Waals surface area contributed by atoms with Crippen molar-refractivity contribution in [2.75, 3.05) is 18.5 Å². The number of hydrogen-bond donors (Lipinski definition) is 3. The van der Waals surface area contributed by atoms with Crippen LogP contribution in [-0.2, 0) is 0 Å². The molecular formula is C15H22N2O2. The van der Waals surface area contributed by atoms with Gasteiger partial charge >= 0.3 is 0 Å². The summed E-state index contributed by atoms with van der Waals surface area (Å²) in [7, 11) is 0. The maximum Gasteiger partial charge on any atom is 0.253 e. The van der Waals surface area contributed by atoms with Crippen molar-refractivity contribution < 1.29 is 9.90 Å². The molecule has 2 atom stereocenters. The molecule has 0 spiro atoms. The van der Waals surface area contributed by atoms with E-state index in [0.717, 1.165) is 31.5 Å². The number of aliphatic hydroxyl groups excluding tert-OH is 1. The van der Waals surface area contributed by atoms with E-state index in [1.165, 1.54) is 0 Å². The molecule has 104 valence electrons. The highest BCUT2D eigenvalue weighted by atomic mass is 16.3. The number of anilines is 1. The highest BCUT2D eigenvalue weighted by Gasteiger charge is 2.28. The quantitative estimate of drug-likeness (QED) is 0.760. The van der Waals surface area contributed by atoms with Gasteiger partial charge in [0, 0.05) is 30.8 Å². The van der Waals surface area contributed by atoms with Crippen molar-refractivity contribution in [1.82, 2.24) is 5.32 Å². The van der Waals surface area contributed by atoms with Crippen molar-refractivity contribution in [1.29, 1.82) is 0 Å². The minimum Gasteiger partial charge on any atom is -0.396 e. The number of nitrogens with one attached hydrogen (secondary N) is 2. The first kappa shape index (κ1) is 13.9. The second-order valence-electron chi connectivity index (χ2n) is 5.03. The lowest BCUT2D eigenvalue weighted by Gasteiger charge is -2.20. The first-order valence-corrected chi connectivity index (χ1v) is 7.01. The molecule has 1 saturated carbocycles. The zero-order valence-electron chi connectivity index (χ0n) is 11.4. The number of amides is 1. The summed E-state index contributed by atoms with van der Waals surface area (Å²) in [6.07, 6.45) is 3.03. The van der Waals surface area contributed by atoms with Crippen molar-refractivity contribution in [2.24, 2.45) is 5.92 Å². The van der Waals surface area contributed by atoms with E-state index in [-0.39, 0.29) is 24.5 Å². The van der Waals surface area contributed by atoms with Gasteiger partial charge < -0.3 is 15.7 Å². The van der Waals surface area contributed by atoms with Gasteiger partial charge in [0.05, 0.1) is 5.56 Å². The summed E-state index contributed by atoms with van der Waals surface area (Å²) in [4.78, 5) is 12.3. The molecule has 4 nitrogen and oxygen atoms in total. The Labute approximate surface area is 114 Å². The van der Waals surface area contributed by atoms with Crippen LogP contribution in [0.3, 0.4) is 0 Å². The summed E-state index contributed by atoms with van der Waals surface area (Å²) >= 11 is 0. The maximum absolute atomic E-state index is 12.3. The maximum atomic E-state index is 12.3. The van der Waals surface area contributed by atoms with Crippen LogP contribution in [0.1, 0.15) is 36.5 Å². The van der Waals surface area contributed by atoms with Gasteiger partial charge in [-0.25, -0.2) is 0 Å². The fourth-order valence-electron chi connectivity index (χ4n) is 2.72. The lowest BCUT2D eigenvalue weighted by atomic mass is 10.0. The van der Waals surface area contributed by atoms with Gasteiger partial charge in [0.25, 0.3) is 5.91 Å². The average Bonchev–Trinajstić information content (AvgIpc) is 2.87. The number of benzene rings is 1. The van der Waals surface area contributed by atoms with Gasteiger partial charge in [0.15, 0.2) is 0 Å². The Morgan fingerprint density at radius 2 is 2.16 bits per heavy atom. The van der Waals surface area contributed by atoms with Crippen LogP contribution in [0, 0.1) is 5.92 Å². The minimum atomic E-state index is -0.0538. The smallest absolute Gasteiger partial charge is 0.253 e. The van der Waals surface area contributed by atoms with Crippen LogP contribution in [0.2, 0.25) is 0 Å². The predicted molar refractivity (Wildman–Crippen MR) is 76.3 cm³/mol. The number of carbonyl (C=O) groups is 1. The van der Waals surface area contributed by atoms with E-state index in [1.54, 1.807) is 0 Å². The molecule has 0 aliphatic heterocycles. The van der Waals surface area contributed by atoms with Gasteiger partial charge in [-0.3, -0.25) is 4.79 Å². The Balaban J connectivity index is 2.07. The van der Waals surface area contributed by atoms with E-state index in [0.29, 0.717) is 5.56 Å². The van der Waals surface area contributed by atoms with Crippen molar-refractivity contribution in [3.8, 4) is 0 Å². The molecule has 0 bridgehead atoms. The Kier molecular flexibility index (Phi) is 4.80. The van der Waals surface area contributed by atoms with Crippen LogP contribution >= 0.6 is 0 Å². The third-order valence-electron chi connectivity index (χ3n) is 3.75. The molecule has 4 heteroatoms. The molecule has 0 heterocycles. The van der Waals surface area contributed by atoms with Crippen molar-refractivity contribution in [3.05, 3.63) is 29.8 Å². The van der Waals surface area contributed by atoms with Crippen molar-refractivity contribution >= 4 is 11.6 Å². The molecule has 2 rings (SSSR count). The topological polar surface area (TPSA) is 61.4 Å². The summed E-state index contributed by atoms with van der Waals surface area (Å²) in [5.41, 5.74) is 1.54. The largest absolute Gasteiger partial charge is 0.396 e. The van der Waals surface area contributed by atoms with Gasteiger partial charge in [0.2, 0.25) is 0 Å². The van der Waals surface area contributed by atoms with Gasteiger partial charge in [-0.15, -0.1) is 0 Å². The molecule has 1 aliphatic rings. The van der Waals surface area contributed by atoms with Gasteiger partial charge in [0.1, 0.15) is 0 Å². The third-order valence-corrected chi connectivity index (χ3v) is 3.75. The summed E-state index contributed by atoms with van der Waals surface area (Å²) in [5, 5.41) is 15.5. The summed E-state index contributed by atoms with van der Waals surface area (Å²) in [5.74, 6) is 0.150. The molecule has 1 aliphatic carbocycles. The number of rotatable bonds is 5. The van der Waals surface area contributed by atoms with E-state index in [1.807, 2.05) is 31.2 Å². The fraction of sp³-hybridized carbons (Fsp3) is 0.533. The SMILES string of the molecule is CCNc1ccccc1C(=O)NC1CCCC1CO. The van der Waals surface area contributed by atoms with Crippen molar-refractivity contribution in [2.45, 2.75) is 32.2 Å². The second-order valence-corrected chi connectivity index (χ2v) is 5.03. The van der Waals surface area contributed by atoms with Crippen LogP contribution < -0.4 is 10.6 Å². The van der Waals surface area contributed by atoms with Crippen LogP contribution in [0.5, 0.6) is 0 Å². The van der Waals surface area contributed by atoms with Crippen LogP contribution in [0.4, 0.5) is 5.69 Å². The number of aliphatic hydroxyl groups is 1. The zero-order chi connectivity index (χ0) is 13.7. The second kappa shape index (κ2) is 6.57. The lowest BCUT2D eigenvalue weighted by Crippen LogP contribution is -2.38. The molecule has 0 saturated heterocycles. The molecule has 1 amide bonds. The Bertz CT molecular complexity index is 434.